The summed E-state index contributed by atoms with van der Waals surface area (Å²) >= 11 is 11.9. The van der Waals surface area contributed by atoms with E-state index in [2.05, 4.69) is 5.32 Å². The molecule has 10 heteroatoms. The normalized spacial score (nSPS) is 13.7. The van der Waals surface area contributed by atoms with Crippen LogP contribution in [-0.2, 0) is 14.3 Å². The summed E-state index contributed by atoms with van der Waals surface area (Å²) < 4.78 is 10.2. The molecule has 0 bridgehead atoms. The van der Waals surface area contributed by atoms with Crippen molar-refractivity contribution in [2.45, 2.75) is 19.4 Å². The van der Waals surface area contributed by atoms with Gasteiger partial charge in [-0.3, -0.25) is 19.3 Å². The van der Waals surface area contributed by atoms with Gasteiger partial charge in [-0.25, -0.2) is 4.79 Å². The van der Waals surface area contributed by atoms with Gasteiger partial charge in [0.2, 0.25) is 0 Å². The molecule has 3 rings (SSSR count). The molecule has 0 unspecified atom stereocenters. The van der Waals surface area contributed by atoms with E-state index in [0.29, 0.717) is 18.1 Å². The van der Waals surface area contributed by atoms with Crippen molar-refractivity contribution in [3.63, 3.8) is 0 Å². The average Bonchev–Trinajstić information content (AvgIpc) is 3.00. The van der Waals surface area contributed by atoms with E-state index < -0.39 is 29.8 Å². The predicted octanol–water partition coefficient (Wildman–Crippen LogP) is 3.81. The highest BCUT2D eigenvalue weighted by molar-refractivity contribution is 6.35. The van der Waals surface area contributed by atoms with E-state index in [-0.39, 0.29) is 33.9 Å². The Morgan fingerprint density at radius 3 is 2.50 bits per heavy atom. The van der Waals surface area contributed by atoms with Gasteiger partial charge in [0.25, 0.3) is 17.7 Å². The number of nitrogens with one attached hydrogen (secondary N) is 1. The zero-order valence-electron chi connectivity index (χ0n) is 17.3. The smallest absolute Gasteiger partial charge is 0.338 e. The molecule has 168 valence electrons. The molecule has 1 N–H and O–H groups in total. The number of hydrogen-bond donors (Lipinski definition) is 1. The summed E-state index contributed by atoms with van der Waals surface area (Å²) in [6.07, 6.45) is -0.658. The molecule has 0 fully saturated rings. The summed E-state index contributed by atoms with van der Waals surface area (Å²) in [6, 6.07) is 8.64. The van der Waals surface area contributed by atoms with Gasteiger partial charge in [0.1, 0.15) is 0 Å². The molecule has 1 aliphatic heterocycles. The molecule has 3 amide bonds. The van der Waals surface area contributed by atoms with Crippen LogP contribution in [0.3, 0.4) is 0 Å². The van der Waals surface area contributed by atoms with E-state index in [1.807, 2.05) is 0 Å². The number of nitrogens with zero attached hydrogens (tertiary/aromatic N) is 1. The van der Waals surface area contributed by atoms with E-state index in [1.54, 1.807) is 6.07 Å². The molecule has 1 atom stereocenters. The molecule has 1 aliphatic rings. The van der Waals surface area contributed by atoms with Gasteiger partial charge in [-0.1, -0.05) is 23.2 Å². The maximum absolute atomic E-state index is 12.6. The van der Waals surface area contributed by atoms with Gasteiger partial charge in [-0.15, -0.1) is 0 Å². The number of amides is 3. The van der Waals surface area contributed by atoms with Gasteiger partial charge in [-0.05, 0) is 49.7 Å². The third-order valence-electron chi connectivity index (χ3n) is 4.78. The van der Waals surface area contributed by atoms with Crippen LogP contribution >= 0.6 is 23.2 Å². The molecule has 0 spiro atoms. The summed E-state index contributed by atoms with van der Waals surface area (Å²) in [4.78, 5) is 51.1. The van der Waals surface area contributed by atoms with Crippen LogP contribution < -0.4 is 5.32 Å². The van der Waals surface area contributed by atoms with Gasteiger partial charge in [0.15, 0.2) is 6.10 Å². The van der Waals surface area contributed by atoms with Gasteiger partial charge < -0.3 is 14.8 Å². The number of esters is 1. The van der Waals surface area contributed by atoms with Crippen LogP contribution in [0.25, 0.3) is 0 Å². The lowest BCUT2D eigenvalue weighted by molar-refractivity contribution is -0.123. The summed E-state index contributed by atoms with van der Waals surface area (Å²) in [6.45, 7) is 2.01. The Balaban J connectivity index is 1.67. The Morgan fingerprint density at radius 2 is 1.78 bits per heavy atom. The number of halogens is 2. The van der Waals surface area contributed by atoms with Crippen molar-refractivity contribution in [3.8, 4) is 0 Å². The quantitative estimate of drug-likeness (QED) is 0.351. The van der Waals surface area contributed by atoms with E-state index >= 15 is 0 Å². The van der Waals surface area contributed by atoms with E-state index in [9.17, 15) is 19.2 Å². The fourth-order valence-corrected chi connectivity index (χ4v) is 3.43. The van der Waals surface area contributed by atoms with Crippen LogP contribution in [0, 0.1) is 0 Å². The number of methoxy groups -OCH3 is 1. The molecule has 1 heterocycles. The molecule has 2 aromatic rings. The number of imide groups is 1. The van der Waals surface area contributed by atoms with Crippen molar-refractivity contribution in [2.75, 3.05) is 25.6 Å². The Hall–Kier alpha value is -2.94. The predicted molar refractivity (Wildman–Crippen MR) is 118 cm³/mol. The molecular formula is C22H20Cl2N2O6. The molecule has 0 aliphatic carbocycles. The summed E-state index contributed by atoms with van der Waals surface area (Å²) in [5, 5.41) is 3.20. The minimum Gasteiger partial charge on any atom is -0.449 e. The lowest BCUT2D eigenvalue weighted by Crippen LogP contribution is -2.31. The third kappa shape index (κ3) is 5.09. The first-order chi connectivity index (χ1) is 15.2. The van der Waals surface area contributed by atoms with Crippen LogP contribution in [0.4, 0.5) is 5.69 Å². The molecule has 0 aromatic heterocycles. The number of ether oxygens (including phenoxy) is 2. The number of fused-ring (bicyclic) bond motifs is 1. The Morgan fingerprint density at radius 1 is 1.06 bits per heavy atom. The lowest BCUT2D eigenvalue weighted by atomic mass is 10.1. The minimum absolute atomic E-state index is 0.0454. The highest BCUT2D eigenvalue weighted by Gasteiger charge is 2.36. The van der Waals surface area contributed by atoms with Crippen molar-refractivity contribution in [3.05, 3.63) is 63.1 Å². The summed E-state index contributed by atoms with van der Waals surface area (Å²) in [7, 11) is 1.53. The van der Waals surface area contributed by atoms with Crippen LogP contribution in [0.1, 0.15) is 44.4 Å². The van der Waals surface area contributed by atoms with Crippen LogP contribution in [0.5, 0.6) is 0 Å². The number of hydrogen-bond acceptors (Lipinski definition) is 6. The summed E-state index contributed by atoms with van der Waals surface area (Å²) in [5.41, 5.74) is 0.654. The first-order valence-electron chi connectivity index (χ1n) is 9.69. The van der Waals surface area contributed by atoms with Crippen molar-refractivity contribution in [1.82, 2.24) is 4.90 Å². The van der Waals surface area contributed by atoms with Crippen molar-refractivity contribution in [1.29, 1.82) is 0 Å². The maximum Gasteiger partial charge on any atom is 0.338 e. The van der Waals surface area contributed by atoms with E-state index in [0.717, 1.165) is 4.90 Å². The zero-order chi connectivity index (χ0) is 23.4. The zero-order valence-corrected chi connectivity index (χ0v) is 18.8. The second kappa shape index (κ2) is 10.1. The van der Waals surface area contributed by atoms with Crippen molar-refractivity contribution < 1.29 is 28.7 Å². The number of benzene rings is 2. The number of anilines is 1. The van der Waals surface area contributed by atoms with Gasteiger partial charge in [0, 0.05) is 25.3 Å². The van der Waals surface area contributed by atoms with E-state index in [4.69, 9.17) is 32.7 Å². The maximum atomic E-state index is 12.6. The van der Waals surface area contributed by atoms with Gasteiger partial charge in [0.05, 0.1) is 27.4 Å². The molecule has 8 nitrogen and oxygen atoms in total. The number of rotatable bonds is 8. The lowest BCUT2D eigenvalue weighted by Gasteiger charge is -2.14. The van der Waals surface area contributed by atoms with Crippen LogP contribution in [-0.4, -0.2) is 55.0 Å². The van der Waals surface area contributed by atoms with Crippen LogP contribution in [0.2, 0.25) is 10.0 Å². The molecule has 0 saturated carbocycles. The molecule has 2 aromatic carbocycles. The molecule has 0 saturated heterocycles. The van der Waals surface area contributed by atoms with Crippen molar-refractivity contribution in [2.24, 2.45) is 0 Å². The Bertz CT molecular complexity index is 1090. The van der Waals surface area contributed by atoms with Gasteiger partial charge >= 0.3 is 5.97 Å². The monoisotopic (exact) mass is 478 g/mol. The second-order valence-electron chi connectivity index (χ2n) is 7.03. The fraction of sp³-hybridized carbons (Fsp3) is 0.273. The molecular weight excluding hydrogens is 459 g/mol. The number of carbonyl (C=O) groups excluding carboxylic acids is 4. The first-order valence-corrected chi connectivity index (χ1v) is 10.4. The molecule has 0 radical (unpaired) electrons. The largest absolute Gasteiger partial charge is 0.449 e. The van der Waals surface area contributed by atoms with E-state index in [1.165, 1.54) is 44.4 Å². The Labute approximate surface area is 194 Å². The number of carbonyl (C=O) groups is 4. The Kier molecular flexibility index (Phi) is 7.50. The SMILES string of the molecule is COCCCN1C(=O)c2ccc(C(=O)O[C@H](C)C(=O)Nc3cc(Cl)ccc3Cl)cc2C1=O. The van der Waals surface area contributed by atoms with Crippen molar-refractivity contribution >= 4 is 52.6 Å². The first kappa shape index (κ1) is 23.7. The topological polar surface area (TPSA) is 102 Å². The fourth-order valence-electron chi connectivity index (χ4n) is 3.10. The highest BCUT2D eigenvalue weighted by Crippen LogP contribution is 2.26. The van der Waals surface area contributed by atoms with Crippen LogP contribution in [0.15, 0.2) is 36.4 Å². The average molecular weight is 479 g/mol. The summed E-state index contributed by atoms with van der Waals surface area (Å²) in [5.74, 6) is -2.34. The minimum atomic E-state index is -1.16. The third-order valence-corrected chi connectivity index (χ3v) is 5.34. The highest BCUT2D eigenvalue weighted by atomic mass is 35.5. The molecule has 32 heavy (non-hydrogen) atoms. The standard InChI is InChI=1S/C22H20Cl2N2O6/c1-12(19(27)25-18-11-14(23)5-7-17(18)24)32-22(30)13-4-6-15-16(10-13)21(29)26(20(15)28)8-3-9-31-2/h4-7,10-12H,3,8-9H2,1-2H3,(H,25,27)/t12-/m1/s1. The second-order valence-corrected chi connectivity index (χ2v) is 7.87. The van der Waals surface area contributed by atoms with Gasteiger partial charge in [-0.2, -0.15) is 0 Å².